The number of hydrogen-bond acceptors (Lipinski definition) is 2. The van der Waals surface area contributed by atoms with Crippen molar-refractivity contribution in [1.82, 2.24) is 0 Å². The Kier molecular flexibility index (Phi) is 4.94. The summed E-state index contributed by atoms with van der Waals surface area (Å²) in [5, 5.41) is 2.47. The van der Waals surface area contributed by atoms with E-state index in [0.717, 1.165) is 12.1 Å². The fourth-order valence-electron chi connectivity index (χ4n) is 1.69. The monoisotopic (exact) mass is 274 g/mol. The van der Waals surface area contributed by atoms with Crippen molar-refractivity contribution in [2.75, 3.05) is 11.9 Å². The Morgan fingerprint density at radius 1 is 1.37 bits per heavy atom. The summed E-state index contributed by atoms with van der Waals surface area (Å²) >= 11 is 0. The SMILES string of the molecule is CC(C)C(CN)C(=O)Nc1cccc(C(F)(F)F)c1. The molecule has 0 aromatic heterocycles. The van der Waals surface area contributed by atoms with Gasteiger partial charge in [-0.1, -0.05) is 19.9 Å². The van der Waals surface area contributed by atoms with E-state index in [9.17, 15) is 18.0 Å². The van der Waals surface area contributed by atoms with Crippen LogP contribution in [-0.4, -0.2) is 12.5 Å². The predicted molar refractivity (Wildman–Crippen MR) is 67.5 cm³/mol. The van der Waals surface area contributed by atoms with Gasteiger partial charge >= 0.3 is 6.18 Å². The fourth-order valence-corrected chi connectivity index (χ4v) is 1.69. The molecule has 1 aromatic rings. The van der Waals surface area contributed by atoms with E-state index in [4.69, 9.17) is 5.73 Å². The first-order chi connectivity index (χ1) is 8.75. The Morgan fingerprint density at radius 2 is 2.00 bits per heavy atom. The minimum atomic E-state index is -4.42. The number of anilines is 1. The quantitative estimate of drug-likeness (QED) is 0.887. The molecule has 1 amide bonds. The van der Waals surface area contributed by atoms with Crippen molar-refractivity contribution in [3.8, 4) is 0 Å². The average Bonchev–Trinajstić information content (AvgIpc) is 2.28. The van der Waals surface area contributed by atoms with Crippen molar-refractivity contribution in [1.29, 1.82) is 0 Å². The summed E-state index contributed by atoms with van der Waals surface area (Å²) in [6, 6.07) is 4.54. The Labute approximate surface area is 110 Å². The molecule has 1 aromatic carbocycles. The maximum atomic E-state index is 12.5. The van der Waals surface area contributed by atoms with E-state index in [1.165, 1.54) is 12.1 Å². The largest absolute Gasteiger partial charge is 0.416 e. The second-order valence-corrected chi connectivity index (χ2v) is 4.65. The Balaban J connectivity index is 2.86. The van der Waals surface area contributed by atoms with Crippen LogP contribution < -0.4 is 11.1 Å². The van der Waals surface area contributed by atoms with E-state index in [-0.39, 0.29) is 24.1 Å². The van der Waals surface area contributed by atoms with E-state index in [1.807, 2.05) is 13.8 Å². The first-order valence-corrected chi connectivity index (χ1v) is 5.94. The van der Waals surface area contributed by atoms with Crippen LogP contribution in [0.1, 0.15) is 19.4 Å². The van der Waals surface area contributed by atoms with Gasteiger partial charge in [0.05, 0.1) is 11.5 Å². The zero-order chi connectivity index (χ0) is 14.6. The second-order valence-electron chi connectivity index (χ2n) is 4.65. The van der Waals surface area contributed by atoms with E-state index in [0.29, 0.717) is 0 Å². The van der Waals surface area contributed by atoms with Crippen molar-refractivity contribution in [3.05, 3.63) is 29.8 Å². The minimum absolute atomic E-state index is 0.0239. The van der Waals surface area contributed by atoms with Crippen molar-refractivity contribution in [3.63, 3.8) is 0 Å². The van der Waals surface area contributed by atoms with Crippen LogP contribution in [0.4, 0.5) is 18.9 Å². The van der Waals surface area contributed by atoms with Crippen LogP contribution in [0.5, 0.6) is 0 Å². The van der Waals surface area contributed by atoms with Gasteiger partial charge in [0.1, 0.15) is 0 Å². The van der Waals surface area contributed by atoms with Gasteiger partial charge in [-0.3, -0.25) is 4.79 Å². The third-order valence-electron chi connectivity index (χ3n) is 2.85. The molecule has 0 bridgehead atoms. The van der Waals surface area contributed by atoms with Gasteiger partial charge in [-0.15, -0.1) is 0 Å². The molecular weight excluding hydrogens is 257 g/mol. The number of nitrogens with two attached hydrogens (primary N) is 1. The predicted octanol–water partition coefficient (Wildman–Crippen LogP) is 2.87. The maximum Gasteiger partial charge on any atom is 0.416 e. The van der Waals surface area contributed by atoms with Crippen LogP contribution >= 0.6 is 0 Å². The molecule has 0 heterocycles. The van der Waals surface area contributed by atoms with Crippen molar-refractivity contribution in [2.24, 2.45) is 17.6 Å². The second kappa shape index (κ2) is 6.06. The van der Waals surface area contributed by atoms with Crippen molar-refractivity contribution >= 4 is 11.6 Å². The fraction of sp³-hybridized carbons (Fsp3) is 0.462. The molecule has 0 aliphatic carbocycles. The van der Waals surface area contributed by atoms with Gasteiger partial charge in [0.2, 0.25) is 5.91 Å². The Bertz CT molecular complexity index is 444. The molecule has 0 radical (unpaired) electrons. The first kappa shape index (κ1) is 15.5. The molecule has 0 saturated heterocycles. The number of hydrogen-bond donors (Lipinski definition) is 2. The molecule has 106 valence electrons. The highest BCUT2D eigenvalue weighted by Crippen LogP contribution is 2.30. The van der Waals surface area contributed by atoms with Crippen molar-refractivity contribution in [2.45, 2.75) is 20.0 Å². The first-order valence-electron chi connectivity index (χ1n) is 5.94. The molecular formula is C13H17F3N2O. The summed E-state index contributed by atoms with van der Waals surface area (Å²) in [5.74, 6) is -0.762. The van der Waals surface area contributed by atoms with Crippen LogP contribution in [0.3, 0.4) is 0 Å². The number of nitrogens with one attached hydrogen (secondary N) is 1. The highest BCUT2D eigenvalue weighted by molar-refractivity contribution is 5.92. The summed E-state index contributed by atoms with van der Waals surface area (Å²) in [5.41, 5.74) is 4.82. The van der Waals surface area contributed by atoms with E-state index in [1.54, 1.807) is 0 Å². The summed E-state index contributed by atoms with van der Waals surface area (Å²) in [6.07, 6.45) is -4.42. The molecule has 19 heavy (non-hydrogen) atoms. The standard InChI is InChI=1S/C13H17F3N2O/c1-8(2)11(7-17)12(19)18-10-5-3-4-9(6-10)13(14,15)16/h3-6,8,11H,7,17H2,1-2H3,(H,18,19). The van der Waals surface area contributed by atoms with Gasteiger partial charge in [0.15, 0.2) is 0 Å². The van der Waals surface area contributed by atoms with Gasteiger partial charge < -0.3 is 11.1 Å². The van der Waals surface area contributed by atoms with E-state index < -0.39 is 17.7 Å². The molecule has 0 aliphatic heterocycles. The molecule has 0 spiro atoms. The lowest BCUT2D eigenvalue weighted by atomic mass is 9.95. The van der Waals surface area contributed by atoms with Crippen LogP contribution in [0.2, 0.25) is 0 Å². The van der Waals surface area contributed by atoms with Gasteiger partial charge in [0.25, 0.3) is 0 Å². The Morgan fingerprint density at radius 3 is 2.47 bits per heavy atom. The van der Waals surface area contributed by atoms with E-state index >= 15 is 0 Å². The highest BCUT2D eigenvalue weighted by Gasteiger charge is 2.30. The molecule has 0 fully saturated rings. The summed E-state index contributed by atoms with van der Waals surface area (Å²) in [7, 11) is 0. The third kappa shape index (κ3) is 4.24. The zero-order valence-electron chi connectivity index (χ0n) is 10.8. The normalized spacial score (nSPS) is 13.4. The topological polar surface area (TPSA) is 55.1 Å². The summed E-state index contributed by atoms with van der Waals surface area (Å²) in [6.45, 7) is 3.83. The van der Waals surface area contributed by atoms with Crippen molar-refractivity contribution < 1.29 is 18.0 Å². The van der Waals surface area contributed by atoms with Gasteiger partial charge in [-0.2, -0.15) is 13.2 Å². The number of carbonyl (C=O) groups excluding carboxylic acids is 1. The number of benzene rings is 1. The Hall–Kier alpha value is -1.56. The highest BCUT2D eigenvalue weighted by atomic mass is 19.4. The lowest BCUT2D eigenvalue weighted by Crippen LogP contribution is -2.33. The van der Waals surface area contributed by atoms with Crippen LogP contribution in [0.15, 0.2) is 24.3 Å². The van der Waals surface area contributed by atoms with Gasteiger partial charge in [-0.05, 0) is 24.1 Å². The molecule has 3 nitrogen and oxygen atoms in total. The third-order valence-corrected chi connectivity index (χ3v) is 2.85. The minimum Gasteiger partial charge on any atom is -0.330 e. The van der Waals surface area contributed by atoms with Gasteiger partial charge in [0, 0.05) is 12.2 Å². The molecule has 1 unspecified atom stereocenters. The lowest BCUT2D eigenvalue weighted by Gasteiger charge is -2.18. The van der Waals surface area contributed by atoms with Gasteiger partial charge in [-0.25, -0.2) is 0 Å². The number of halogens is 3. The van der Waals surface area contributed by atoms with Crippen LogP contribution in [-0.2, 0) is 11.0 Å². The molecule has 6 heteroatoms. The van der Waals surface area contributed by atoms with Crippen LogP contribution in [0, 0.1) is 11.8 Å². The summed E-state index contributed by atoms with van der Waals surface area (Å²) in [4.78, 5) is 11.9. The number of carbonyl (C=O) groups is 1. The summed E-state index contributed by atoms with van der Waals surface area (Å²) < 4.78 is 37.6. The number of alkyl halides is 3. The molecule has 0 saturated carbocycles. The van der Waals surface area contributed by atoms with Crippen LogP contribution in [0.25, 0.3) is 0 Å². The number of rotatable bonds is 4. The zero-order valence-corrected chi connectivity index (χ0v) is 10.8. The lowest BCUT2D eigenvalue weighted by molar-refractivity contribution is -0.137. The maximum absolute atomic E-state index is 12.5. The number of amides is 1. The average molecular weight is 274 g/mol. The molecule has 1 rings (SSSR count). The molecule has 3 N–H and O–H groups in total. The van der Waals surface area contributed by atoms with E-state index in [2.05, 4.69) is 5.32 Å². The smallest absolute Gasteiger partial charge is 0.330 e. The molecule has 1 atom stereocenters. The molecule has 0 aliphatic rings.